The lowest BCUT2D eigenvalue weighted by Crippen LogP contribution is -2.12. The second-order valence-electron chi connectivity index (χ2n) is 4.74. The molecule has 0 nitrogen and oxygen atoms in total. The molecule has 0 saturated heterocycles. The second kappa shape index (κ2) is 4.09. The first-order valence-electron chi connectivity index (χ1n) is 4.82. The summed E-state index contributed by atoms with van der Waals surface area (Å²) < 4.78 is 25.3. The van der Waals surface area contributed by atoms with Crippen molar-refractivity contribution in [1.82, 2.24) is 0 Å². The maximum atomic E-state index is 12.6. The van der Waals surface area contributed by atoms with Crippen LogP contribution in [0.15, 0.2) is 12.1 Å². The van der Waals surface area contributed by atoms with Crippen molar-refractivity contribution in [3.63, 3.8) is 0 Å². The highest BCUT2D eigenvalue weighted by atomic mass is 35.5. The van der Waals surface area contributed by atoms with E-state index in [4.69, 9.17) is 11.6 Å². The van der Waals surface area contributed by atoms with Crippen molar-refractivity contribution in [2.45, 2.75) is 39.5 Å². The zero-order valence-corrected chi connectivity index (χ0v) is 10.1. The van der Waals surface area contributed by atoms with Crippen LogP contribution in [0.25, 0.3) is 0 Å². The molecule has 0 radical (unpaired) electrons. The summed E-state index contributed by atoms with van der Waals surface area (Å²) in [5.41, 5.74) is 1.41. The Hall–Kier alpha value is -0.630. The molecule has 1 aromatic carbocycles. The fourth-order valence-corrected chi connectivity index (χ4v) is 1.81. The van der Waals surface area contributed by atoms with E-state index in [1.54, 1.807) is 19.1 Å². The van der Waals surface area contributed by atoms with Crippen LogP contribution in [0, 0.1) is 6.92 Å². The molecule has 0 aliphatic carbocycles. The molecule has 0 aromatic heterocycles. The lowest BCUT2D eigenvalue weighted by molar-refractivity contribution is 0.150. The molecule has 0 aliphatic heterocycles. The molecule has 0 saturated carbocycles. The molecule has 3 heteroatoms. The number of rotatable bonds is 1. The van der Waals surface area contributed by atoms with Gasteiger partial charge in [0.25, 0.3) is 6.43 Å². The van der Waals surface area contributed by atoms with E-state index in [-0.39, 0.29) is 16.0 Å². The van der Waals surface area contributed by atoms with Crippen molar-refractivity contribution in [2.75, 3.05) is 0 Å². The molecule has 0 amide bonds. The van der Waals surface area contributed by atoms with E-state index >= 15 is 0 Å². The summed E-state index contributed by atoms with van der Waals surface area (Å²) >= 11 is 5.86. The number of hydrogen-bond acceptors (Lipinski definition) is 0. The molecule has 0 fully saturated rings. The van der Waals surface area contributed by atoms with E-state index in [1.165, 1.54) is 0 Å². The molecule has 0 atom stereocenters. The lowest BCUT2D eigenvalue weighted by atomic mass is 9.85. The topological polar surface area (TPSA) is 0 Å². The largest absolute Gasteiger partial charge is 0.265 e. The summed E-state index contributed by atoms with van der Waals surface area (Å²) in [7, 11) is 0. The highest BCUT2D eigenvalue weighted by molar-refractivity contribution is 6.31. The Kier molecular flexibility index (Phi) is 3.39. The number of hydrogen-bond donors (Lipinski definition) is 0. The molecule has 0 bridgehead atoms. The van der Waals surface area contributed by atoms with E-state index < -0.39 is 6.43 Å². The number of halogens is 3. The van der Waals surface area contributed by atoms with Crippen LogP contribution < -0.4 is 0 Å². The van der Waals surface area contributed by atoms with Gasteiger partial charge in [0.05, 0.1) is 0 Å². The van der Waals surface area contributed by atoms with Crippen molar-refractivity contribution >= 4 is 11.6 Å². The average Bonchev–Trinajstić information content (AvgIpc) is 1.99. The van der Waals surface area contributed by atoms with Crippen LogP contribution in [0.4, 0.5) is 8.78 Å². The summed E-state index contributed by atoms with van der Waals surface area (Å²) in [4.78, 5) is 0. The van der Waals surface area contributed by atoms with E-state index in [0.717, 1.165) is 5.56 Å². The van der Waals surface area contributed by atoms with Crippen LogP contribution in [0.1, 0.15) is 43.9 Å². The van der Waals surface area contributed by atoms with E-state index in [9.17, 15) is 8.78 Å². The monoisotopic (exact) mass is 232 g/mol. The normalized spacial score (nSPS) is 12.3. The van der Waals surface area contributed by atoms with Gasteiger partial charge in [-0.25, -0.2) is 8.78 Å². The van der Waals surface area contributed by atoms with Gasteiger partial charge in [0.15, 0.2) is 0 Å². The first-order chi connectivity index (χ1) is 6.73. The van der Waals surface area contributed by atoms with Crippen molar-refractivity contribution in [3.05, 3.63) is 33.8 Å². The quantitative estimate of drug-likeness (QED) is 0.647. The predicted molar refractivity (Wildman–Crippen MR) is 59.8 cm³/mol. The molecule has 0 aliphatic rings. The molecular formula is C12H15ClF2. The zero-order valence-electron chi connectivity index (χ0n) is 9.37. The number of benzene rings is 1. The van der Waals surface area contributed by atoms with Gasteiger partial charge in [0, 0.05) is 10.6 Å². The van der Waals surface area contributed by atoms with Gasteiger partial charge in [0.1, 0.15) is 0 Å². The third-order valence-corrected chi connectivity index (χ3v) is 2.73. The molecule has 1 rings (SSSR count). The van der Waals surface area contributed by atoms with Crippen LogP contribution in [-0.2, 0) is 5.41 Å². The van der Waals surface area contributed by atoms with Gasteiger partial charge < -0.3 is 0 Å². The van der Waals surface area contributed by atoms with E-state index in [0.29, 0.717) is 5.56 Å². The molecular weight excluding hydrogens is 218 g/mol. The van der Waals surface area contributed by atoms with Gasteiger partial charge in [-0.1, -0.05) is 38.4 Å². The summed E-state index contributed by atoms with van der Waals surface area (Å²) in [5, 5.41) is 0.162. The first-order valence-corrected chi connectivity index (χ1v) is 5.20. The van der Waals surface area contributed by atoms with E-state index in [1.807, 2.05) is 20.8 Å². The maximum Gasteiger partial charge on any atom is 0.265 e. The van der Waals surface area contributed by atoms with Gasteiger partial charge >= 0.3 is 0 Å². The van der Waals surface area contributed by atoms with Crippen molar-refractivity contribution < 1.29 is 8.78 Å². The molecule has 0 spiro atoms. The van der Waals surface area contributed by atoms with Crippen molar-refractivity contribution in [1.29, 1.82) is 0 Å². The van der Waals surface area contributed by atoms with Crippen LogP contribution in [0.5, 0.6) is 0 Å². The van der Waals surface area contributed by atoms with Gasteiger partial charge in [-0.3, -0.25) is 0 Å². The van der Waals surface area contributed by atoms with Gasteiger partial charge in [-0.15, -0.1) is 0 Å². The molecule has 84 valence electrons. The van der Waals surface area contributed by atoms with Crippen molar-refractivity contribution in [3.8, 4) is 0 Å². The summed E-state index contributed by atoms with van der Waals surface area (Å²) in [6.45, 7) is 7.75. The molecule has 1 aromatic rings. The molecule has 15 heavy (non-hydrogen) atoms. The average molecular weight is 233 g/mol. The highest BCUT2D eigenvalue weighted by Gasteiger charge is 2.20. The minimum atomic E-state index is -2.51. The van der Waals surface area contributed by atoms with Gasteiger partial charge in [-0.2, -0.15) is 0 Å². The number of alkyl halides is 2. The Morgan fingerprint density at radius 2 is 1.73 bits per heavy atom. The maximum absolute atomic E-state index is 12.6. The fraction of sp³-hybridized carbons (Fsp3) is 0.500. The molecule has 0 unspecified atom stereocenters. The molecule has 0 heterocycles. The molecule has 0 N–H and O–H groups in total. The lowest BCUT2D eigenvalue weighted by Gasteiger charge is -2.21. The second-order valence-corrected chi connectivity index (χ2v) is 5.15. The Morgan fingerprint density at radius 1 is 1.20 bits per heavy atom. The highest BCUT2D eigenvalue weighted by Crippen LogP contribution is 2.34. The first kappa shape index (κ1) is 12.4. The Labute approximate surface area is 94.3 Å². The third-order valence-electron chi connectivity index (χ3n) is 2.42. The Balaban J connectivity index is 3.32. The SMILES string of the molecule is Cc1cc(C(C)(C)C)cc(Cl)c1C(F)F. The van der Waals surface area contributed by atoms with Gasteiger partial charge in [0.2, 0.25) is 0 Å². The standard InChI is InChI=1S/C12H15ClF2/c1-7-5-8(12(2,3)4)6-9(13)10(7)11(14)15/h5-6,11H,1-4H3. The predicted octanol–water partition coefficient (Wildman–Crippen LogP) is 4.88. The Bertz CT molecular complexity index is 341. The fourth-order valence-electron chi connectivity index (χ4n) is 1.46. The minimum Gasteiger partial charge on any atom is -0.205 e. The van der Waals surface area contributed by atoms with Crippen LogP contribution in [-0.4, -0.2) is 0 Å². The van der Waals surface area contributed by atoms with Crippen LogP contribution >= 0.6 is 11.6 Å². The Morgan fingerprint density at radius 3 is 2.07 bits per heavy atom. The third kappa shape index (κ3) is 2.69. The van der Waals surface area contributed by atoms with Crippen LogP contribution in [0.2, 0.25) is 5.02 Å². The minimum absolute atomic E-state index is 0.0512. The smallest absolute Gasteiger partial charge is 0.205 e. The summed E-state index contributed by atoms with van der Waals surface area (Å²) in [6.07, 6.45) is -2.51. The van der Waals surface area contributed by atoms with E-state index in [2.05, 4.69) is 0 Å². The summed E-state index contributed by atoms with van der Waals surface area (Å²) in [5.74, 6) is 0. The van der Waals surface area contributed by atoms with Gasteiger partial charge in [-0.05, 0) is 29.5 Å². The van der Waals surface area contributed by atoms with Crippen molar-refractivity contribution in [2.24, 2.45) is 0 Å². The zero-order chi connectivity index (χ0) is 11.8. The van der Waals surface area contributed by atoms with Crippen LogP contribution in [0.3, 0.4) is 0 Å². The number of aryl methyl sites for hydroxylation is 1. The summed E-state index contributed by atoms with van der Waals surface area (Å²) in [6, 6.07) is 3.42.